The zero-order chi connectivity index (χ0) is 16.5. The van der Waals surface area contributed by atoms with Crippen LogP contribution < -0.4 is 0 Å². The van der Waals surface area contributed by atoms with Crippen molar-refractivity contribution >= 4 is 10.9 Å². The molecule has 5 heteroatoms. The Bertz CT molecular complexity index is 837. The Labute approximate surface area is 141 Å². The maximum atomic E-state index is 5.41. The zero-order valence-corrected chi connectivity index (χ0v) is 14.1. The Hall–Kier alpha value is -2.27. The summed E-state index contributed by atoms with van der Waals surface area (Å²) in [6.45, 7) is 6.07. The predicted molar refractivity (Wildman–Crippen MR) is 92.5 cm³/mol. The van der Waals surface area contributed by atoms with E-state index in [0.717, 1.165) is 43.2 Å². The molecule has 0 bridgehead atoms. The molecular formula is C19H22N4O. The monoisotopic (exact) mass is 322 g/mol. The highest BCUT2D eigenvalue weighted by atomic mass is 16.5. The Kier molecular flexibility index (Phi) is 4.02. The second-order valence-electron chi connectivity index (χ2n) is 6.77. The summed E-state index contributed by atoms with van der Waals surface area (Å²) < 4.78 is 5.41. The van der Waals surface area contributed by atoms with Crippen molar-refractivity contribution in [3.8, 4) is 0 Å². The maximum Gasteiger partial charge on any atom is 0.229 e. The molecule has 0 saturated carbocycles. The quantitative estimate of drug-likeness (QED) is 0.724. The third-order valence-corrected chi connectivity index (χ3v) is 4.70. The van der Waals surface area contributed by atoms with Gasteiger partial charge in [-0.1, -0.05) is 43.3 Å². The first-order valence-electron chi connectivity index (χ1n) is 8.62. The average Bonchev–Trinajstić information content (AvgIpc) is 3.24. The maximum absolute atomic E-state index is 5.41. The van der Waals surface area contributed by atoms with Gasteiger partial charge in [0.1, 0.15) is 0 Å². The minimum absolute atomic E-state index is 0.236. The third kappa shape index (κ3) is 2.80. The number of nitrogens with zero attached hydrogens (tertiary/aromatic N) is 4. The second-order valence-corrected chi connectivity index (χ2v) is 6.77. The minimum atomic E-state index is 0.236. The van der Waals surface area contributed by atoms with Gasteiger partial charge in [-0.15, -0.1) is 0 Å². The minimum Gasteiger partial charge on any atom is -0.339 e. The van der Waals surface area contributed by atoms with E-state index in [1.54, 1.807) is 0 Å². The van der Waals surface area contributed by atoms with Crippen LogP contribution in [0.3, 0.4) is 0 Å². The summed E-state index contributed by atoms with van der Waals surface area (Å²) in [5.74, 6) is 1.82. The zero-order valence-electron chi connectivity index (χ0n) is 14.1. The van der Waals surface area contributed by atoms with Crippen molar-refractivity contribution in [2.75, 3.05) is 6.54 Å². The molecule has 124 valence electrons. The van der Waals surface area contributed by atoms with Crippen molar-refractivity contribution in [3.63, 3.8) is 0 Å². The van der Waals surface area contributed by atoms with Crippen molar-refractivity contribution in [1.82, 2.24) is 20.0 Å². The predicted octanol–water partition coefficient (Wildman–Crippen LogP) is 4.08. The molecule has 0 N–H and O–H groups in total. The lowest BCUT2D eigenvalue weighted by Crippen LogP contribution is -2.23. The highest BCUT2D eigenvalue weighted by Crippen LogP contribution is 2.33. The molecule has 1 aromatic carbocycles. The van der Waals surface area contributed by atoms with E-state index < -0.39 is 0 Å². The fraction of sp³-hybridized carbons (Fsp3) is 0.421. The first-order chi connectivity index (χ1) is 11.7. The summed E-state index contributed by atoms with van der Waals surface area (Å²) in [5.41, 5.74) is 2.34. The molecule has 3 aromatic rings. The van der Waals surface area contributed by atoms with E-state index >= 15 is 0 Å². The Balaban J connectivity index is 1.60. The van der Waals surface area contributed by atoms with Crippen molar-refractivity contribution in [2.24, 2.45) is 0 Å². The van der Waals surface area contributed by atoms with Crippen molar-refractivity contribution < 1.29 is 4.52 Å². The van der Waals surface area contributed by atoms with Crippen LogP contribution in [0.1, 0.15) is 55.9 Å². The van der Waals surface area contributed by atoms with Gasteiger partial charge >= 0.3 is 0 Å². The van der Waals surface area contributed by atoms with Crippen molar-refractivity contribution in [3.05, 3.63) is 53.8 Å². The molecule has 0 unspecified atom stereocenters. The molecule has 0 amide bonds. The molecule has 2 aromatic heterocycles. The summed E-state index contributed by atoms with van der Waals surface area (Å²) >= 11 is 0. The number of pyridine rings is 1. The second kappa shape index (κ2) is 6.32. The number of rotatable bonds is 4. The fourth-order valence-corrected chi connectivity index (χ4v) is 3.44. The summed E-state index contributed by atoms with van der Waals surface area (Å²) in [4.78, 5) is 11.6. The molecular weight excluding hydrogens is 300 g/mol. The Morgan fingerprint density at radius 2 is 2.12 bits per heavy atom. The van der Waals surface area contributed by atoms with Gasteiger partial charge in [0.15, 0.2) is 5.82 Å². The van der Waals surface area contributed by atoms with Crippen LogP contribution in [0.2, 0.25) is 0 Å². The standard InChI is InChI=1S/C19H22N4O/c1-13(2)19-21-18(22-24-19)16-9-5-11-23(16)12-15-7-3-6-14-8-4-10-20-17(14)15/h3-4,6-8,10,13,16H,5,9,11-12H2,1-2H3/t16-/m0/s1. The van der Waals surface area contributed by atoms with Gasteiger partial charge < -0.3 is 4.52 Å². The number of likely N-dealkylation sites (tertiary alicyclic amines) is 1. The van der Waals surface area contributed by atoms with E-state index in [0.29, 0.717) is 0 Å². The largest absolute Gasteiger partial charge is 0.339 e. The van der Waals surface area contributed by atoms with Gasteiger partial charge in [0, 0.05) is 24.0 Å². The van der Waals surface area contributed by atoms with E-state index in [1.165, 1.54) is 10.9 Å². The molecule has 0 aliphatic carbocycles. The van der Waals surface area contributed by atoms with E-state index in [4.69, 9.17) is 4.52 Å². The van der Waals surface area contributed by atoms with Crippen LogP contribution in [0.5, 0.6) is 0 Å². The molecule has 3 heterocycles. The Morgan fingerprint density at radius 3 is 2.96 bits per heavy atom. The highest BCUT2D eigenvalue weighted by molar-refractivity contribution is 5.81. The van der Waals surface area contributed by atoms with E-state index in [2.05, 4.69) is 58.1 Å². The lowest BCUT2D eigenvalue weighted by molar-refractivity contribution is 0.234. The van der Waals surface area contributed by atoms with Gasteiger partial charge in [0.05, 0.1) is 11.6 Å². The topological polar surface area (TPSA) is 55.1 Å². The summed E-state index contributed by atoms with van der Waals surface area (Å²) in [6, 6.07) is 10.7. The van der Waals surface area contributed by atoms with Crippen LogP contribution in [0, 0.1) is 0 Å². The van der Waals surface area contributed by atoms with Gasteiger partial charge in [-0.25, -0.2) is 0 Å². The van der Waals surface area contributed by atoms with Crippen LogP contribution >= 0.6 is 0 Å². The third-order valence-electron chi connectivity index (χ3n) is 4.70. The van der Waals surface area contributed by atoms with Gasteiger partial charge in [0.25, 0.3) is 0 Å². The Morgan fingerprint density at radius 1 is 1.25 bits per heavy atom. The average molecular weight is 322 g/mol. The van der Waals surface area contributed by atoms with Crippen LogP contribution in [-0.2, 0) is 6.54 Å². The first kappa shape index (κ1) is 15.3. The van der Waals surface area contributed by atoms with Crippen molar-refractivity contribution in [2.45, 2.75) is 45.2 Å². The van der Waals surface area contributed by atoms with Gasteiger partial charge in [0.2, 0.25) is 5.89 Å². The number of hydrogen-bond acceptors (Lipinski definition) is 5. The van der Waals surface area contributed by atoms with Gasteiger partial charge in [-0.2, -0.15) is 4.98 Å². The SMILES string of the molecule is CC(C)c1nc([C@@H]2CCCN2Cc2cccc3cccnc23)no1. The summed E-state index contributed by atoms with van der Waals surface area (Å²) in [5, 5.41) is 5.42. The molecule has 24 heavy (non-hydrogen) atoms. The molecule has 0 radical (unpaired) electrons. The molecule has 1 aliphatic heterocycles. The van der Waals surface area contributed by atoms with Crippen molar-refractivity contribution in [1.29, 1.82) is 0 Å². The molecule has 5 nitrogen and oxygen atoms in total. The molecule has 1 atom stereocenters. The van der Waals surface area contributed by atoms with Gasteiger partial charge in [-0.3, -0.25) is 9.88 Å². The highest BCUT2D eigenvalue weighted by Gasteiger charge is 2.30. The lowest BCUT2D eigenvalue weighted by Gasteiger charge is -2.22. The van der Waals surface area contributed by atoms with Crippen LogP contribution in [0.15, 0.2) is 41.1 Å². The number of aromatic nitrogens is 3. The van der Waals surface area contributed by atoms with E-state index in [1.807, 2.05) is 12.3 Å². The molecule has 1 fully saturated rings. The van der Waals surface area contributed by atoms with E-state index in [9.17, 15) is 0 Å². The number of fused-ring (bicyclic) bond motifs is 1. The smallest absolute Gasteiger partial charge is 0.229 e. The molecule has 1 saturated heterocycles. The summed E-state index contributed by atoms with van der Waals surface area (Å²) in [6.07, 6.45) is 4.10. The fourth-order valence-electron chi connectivity index (χ4n) is 3.44. The number of hydrogen-bond donors (Lipinski definition) is 0. The molecule has 0 spiro atoms. The van der Waals surface area contributed by atoms with Crippen LogP contribution in [-0.4, -0.2) is 26.6 Å². The normalized spacial score (nSPS) is 18.7. The van der Waals surface area contributed by atoms with Crippen LogP contribution in [0.4, 0.5) is 0 Å². The first-order valence-corrected chi connectivity index (χ1v) is 8.62. The molecule has 1 aliphatic rings. The lowest BCUT2D eigenvalue weighted by atomic mass is 10.1. The van der Waals surface area contributed by atoms with Crippen LogP contribution in [0.25, 0.3) is 10.9 Å². The van der Waals surface area contributed by atoms with E-state index in [-0.39, 0.29) is 12.0 Å². The van der Waals surface area contributed by atoms with Gasteiger partial charge in [-0.05, 0) is 31.0 Å². The summed E-state index contributed by atoms with van der Waals surface area (Å²) in [7, 11) is 0. The molecule has 4 rings (SSSR count). The number of benzene rings is 1. The number of para-hydroxylation sites is 1.